The predicted octanol–water partition coefficient (Wildman–Crippen LogP) is 2.92. The first-order valence-electron chi connectivity index (χ1n) is 3.00. The van der Waals surface area contributed by atoms with Gasteiger partial charge in [-0.15, -0.1) is 0 Å². The third-order valence-electron chi connectivity index (χ3n) is 1.25. The van der Waals surface area contributed by atoms with Crippen molar-refractivity contribution in [2.75, 3.05) is 0 Å². The zero-order chi connectivity index (χ0) is 7.40. The predicted molar refractivity (Wildman–Crippen MR) is 43.3 cm³/mol. The van der Waals surface area contributed by atoms with Gasteiger partial charge in [-0.2, -0.15) is 0 Å². The minimum atomic E-state index is -0.141. The Kier molecular flexibility index (Phi) is 2.87. The molecule has 0 atom stereocenters. The third kappa shape index (κ3) is 1.81. The fourth-order valence-electron chi connectivity index (χ4n) is 0.747. The summed E-state index contributed by atoms with van der Waals surface area (Å²) in [5.41, 5.74) is 0.722. The summed E-state index contributed by atoms with van der Waals surface area (Å²) >= 11 is 3.13. The van der Waals surface area contributed by atoms with Gasteiger partial charge in [0.15, 0.2) is 0 Å². The molecule has 1 aromatic carbocycles. The first-order chi connectivity index (χ1) is 4.84. The second-order valence-corrected chi connectivity index (χ2v) is 2.60. The molecule has 0 amide bonds. The van der Waals surface area contributed by atoms with Crippen molar-refractivity contribution in [3.8, 4) is 0 Å². The summed E-state index contributed by atoms with van der Waals surface area (Å²) in [5, 5.41) is 1.76. The third-order valence-corrected chi connectivity index (χ3v) is 1.58. The Balaban J connectivity index is 2.81. The number of halogens is 2. The molecule has 53 valence electrons. The van der Waals surface area contributed by atoms with Crippen LogP contribution in [-0.4, -0.2) is 0 Å². The lowest BCUT2D eigenvalue weighted by Crippen LogP contribution is -1.86. The Morgan fingerprint density at radius 3 is 2.70 bits per heavy atom. The van der Waals surface area contributed by atoms with Crippen LogP contribution in [0.25, 0.3) is 0 Å². The van der Waals surface area contributed by atoms with Crippen LogP contribution in [0, 0.1) is 11.1 Å². The normalized spacial score (nSPS) is 9.80. The summed E-state index contributed by atoms with van der Waals surface area (Å²) in [5.74, 6) is -0.141. The van der Waals surface area contributed by atoms with Gasteiger partial charge in [0, 0.05) is 5.33 Å². The molecule has 0 nitrogen and oxygen atoms in total. The number of rotatable bonds is 2. The molecule has 0 fully saturated rings. The van der Waals surface area contributed by atoms with Gasteiger partial charge >= 0.3 is 0 Å². The Morgan fingerprint density at radius 1 is 1.40 bits per heavy atom. The van der Waals surface area contributed by atoms with Crippen LogP contribution in [0.15, 0.2) is 24.3 Å². The van der Waals surface area contributed by atoms with Crippen LogP contribution < -0.4 is 0 Å². The molecule has 1 radical (unpaired) electrons. The average molecular weight is 202 g/mol. The van der Waals surface area contributed by atoms with E-state index in [0.717, 1.165) is 5.56 Å². The lowest BCUT2D eigenvalue weighted by Gasteiger charge is -1.96. The topological polar surface area (TPSA) is 0 Å². The fraction of sp³-hybridized carbons (Fsp3) is 0.125. The minimum Gasteiger partial charge on any atom is -0.207 e. The molecule has 0 aliphatic heterocycles. The van der Waals surface area contributed by atoms with Crippen LogP contribution in [0.3, 0.4) is 0 Å². The molecule has 2 heteroatoms. The van der Waals surface area contributed by atoms with E-state index in [2.05, 4.69) is 15.9 Å². The largest absolute Gasteiger partial charge is 0.207 e. The van der Waals surface area contributed by atoms with Crippen LogP contribution in [0.5, 0.6) is 0 Å². The van der Waals surface area contributed by atoms with E-state index in [1.54, 1.807) is 17.5 Å². The van der Waals surface area contributed by atoms with E-state index in [0.29, 0.717) is 6.42 Å². The van der Waals surface area contributed by atoms with Gasteiger partial charge in [-0.3, -0.25) is 0 Å². The van der Waals surface area contributed by atoms with E-state index in [9.17, 15) is 4.39 Å². The Bertz CT molecular complexity index is 210. The quantitative estimate of drug-likeness (QED) is 0.691. The van der Waals surface area contributed by atoms with Crippen molar-refractivity contribution in [3.63, 3.8) is 0 Å². The van der Waals surface area contributed by atoms with Gasteiger partial charge in [0.05, 0.1) is 0 Å². The highest BCUT2D eigenvalue weighted by Crippen LogP contribution is 2.09. The van der Waals surface area contributed by atoms with Crippen LogP contribution in [0.4, 0.5) is 4.39 Å². The molecular formula is C8H7BrF. The van der Waals surface area contributed by atoms with Crippen LogP contribution in [0.1, 0.15) is 5.56 Å². The molecule has 0 heterocycles. The molecule has 0 aliphatic carbocycles. The molecule has 0 spiro atoms. The maximum atomic E-state index is 12.7. The van der Waals surface area contributed by atoms with E-state index in [-0.39, 0.29) is 5.82 Å². The summed E-state index contributed by atoms with van der Waals surface area (Å²) in [6.45, 7) is 0. The van der Waals surface area contributed by atoms with Crippen molar-refractivity contribution in [2.24, 2.45) is 0 Å². The van der Waals surface area contributed by atoms with Crippen molar-refractivity contribution in [1.82, 2.24) is 0 Å². The molecule has 10 heavy (non-hydrogen) atoms. The lowest BCUT2D eigenvalue weighted by molar-refractivity contribution is 0.614. The summed E-state index contributed by atoms with van der Waals surface area (Å²) in [4.78, 5) is 0. The van der Waals surface area contributed by atoms with Crippen LogP contribution in [-0.2, 0) is 6.42 Å². The smallest absolute Gasteiger partial charge is 0.126 e. The molecule has 0 saturated carbocycles. The zero-order valence-electron chi connectivity index (χ0n) is 5.35. The Labute approximate surface area is 68.2 Å². The molecule has 1 aromatic rings. The molecular weight excluding hydrogens is 195 g/mol. The molecule has 0 aliphatic rings. The second-order valence-electron chi connectivity index (χ2n) is 1.95. The molecule has 0 N–H and O–H groups in total. The van der Waals surface area contributed by atoms with Gasteiger partial charge in [-0.05, 0) is 18.1 Å². The van der Waals surface area contributed by atoms with Crippen molar-refractivity contribution < 1.29 is 4.39 Å². The summed E-state index contributed by atoms with van der Waals surface area (Å²) < 4.78 is 12.7. The molecule has 0 unspecified atom stereocenters. The number of benzene rings is 1. The van der Waals surface area contributed by atoms with Crippen LogP contribution in [0.2, 0.25) is 0 Å². The fourth-order valence-corrected chi connectivity index (χ4v) is 1.10. The highest BCUT2D eigenvalue weighted by atomic mass is 79.9. The molecule has 1 rings (SSSR count). The van der Waals surface area contributed by atoms with Gasteiger partial charge < -0.3 is 0 Å². The van der Waals surface area contributed by atoms with Gasteiger partial charge in [0.2, 0.25) is 0 Å². The van der Waals surface area contributed by atoms with Crippen LogP contribution >= 0.6 is 15.9 Å². The Hall–Kier alpha value is -0.370. The average Bonchev–Trinajstić information content (AvgIpc) is 1.94. The van der Waals surface area contributed by atoms with Gasteiger partial charge in [0.1, 0.15) is 5.82 Å². The lowest BCUT2D eigenvalue weighted by atomic mass is 10.2. The first kappa shape index (κ1) is 7.73. The maximum Gasteiger partial charge on any atom is 0.126 e. The second kappa shape index (κ2) is 3.71. The highest BCUT2D eigenvalue weighted by molar-refractivity contribution is 9.10. The van der Waals surface area contributed by atoms with Crippen molar-refractivity contribution in [3.05, 3.63) is 41.0 Å². The zero-order valence-corrected chi connectivity index (χ0v) is 6.94. The number of hydrogen-bond donors (Lipinski definition) is 0. The Morgan fingerprint density at radius 2 is 2.10 bits per heavy atom. The van der Waals surface area contributed by atoms with Crippen molar-refractivity contribution >= 4 is 15.9 Å². The maximum absolute atomic E-state index is 12.7. The van der Waals surface area contributed by atoms with E-state index in [1.807, 2.05) is 6.07 Å². The SMILES string of the molecule is Fc1ccccc1C[CH]Br. The van der Waals surface area contributed by atoms with E-state index < -0.39 is 0 Å². The molecule has 0 bridgehead atoms. The summed E-state index contributed by atoms with van der Waals surface area (Å²) in [6.07, 6.45) is 0.632. The first-order valence-corrected chi connectivity index (χ1v) is 3.91. The molecule has 0 saturated heterocycles. The molecule has 0 aromatic heterocycles. The van der Waals surface area contributed by atoms with Gasteiger partial charge in [0.25, 0.3) is 0 Å². The van der Waals surface area contributed by atoms with E-state index in [4.69, 9.17) is 0 Å². The highest BCUT2D eigenvalue weighted by Gasteiger charge is 1.97. The summed E-state index contributed by atoms with van der Waals surface area (Å²) in [7, 11) is 0. The van der Waals surface area contributed by atoms with Gasteiger partial charge in [-0.25, -0.2) is 4.39 Å². The van der Waals surface area contributed by atoms with E-state index in [1.165, 1.54) is 6.07 Å². The minimum absolute atomic E-state index is 0.141. The van der Waals surface area contributed by atoms with E-state index >= 15 is 0 Å². The standard InChI is InChI=1S/C8H7BrF/c9-6-5-7-3-1-2-4-8(7)10/h1-4,6H,5H2. The van der Waals surface area contributed by atoms with Crippen molar-refractivity contribution in [1.29, 1.82) is 0 Å². The summed E-state index contributed by atoms with van der Waals surface area (Å²) in [6, 6.07) is 6.75. The van der Waals surface area contributed by atoms with Gasteiger partial charge in [-0.1, -0.05) is 34.1 Å². The number of hydrogen-bond acceptors (Lipinski definition) is 0. The van der Waals surface area contributed by atoms with Crippen molar-refractivity contribution in [2.45, 2.75) is 6.42 Å². The monoisotopic (exact) mass is 201 g/mol.